The van der Waals surface area contributed by atoms with E-state index in [4.69, 9.17) is 28.5 Å². The fourth-order valence-electron chi connectivity index (χ4n) is 2.55. The van der Waals surface area contributed by atoms with Gasteiger partial charge in [0, 0.05) is 28.5 Å². The summed E-state index contributed by atoms with van der Waals surface area (Å²) in [4.78, 5) is 19.6. The number of amides is 1. The first-order chi connectivity index (χ1) is 14.7. The van der Waals surface area contributed by atoms with Crippen molar-refractivity contribution >= 4 is 40.7 Å². The van der Waals surface area contributed by atoms with E-state index in [0.717, 1.165) is 6.20 Å². The van der Waals surface area contributed by atoms with E-state index in [1.54, 1.807) is 12.1 Å². The van der Waals surface area contributed by atoms with Gasteiger partial charge in [-0.05, 0) is 35.9 Å². The summed E-state index contributed by atoms with van der Waals surface area (Å²) < 4.78 is 40.6. The average Bonchev–Trinajstić information content (AvgIpc) is 2.71. The maximum absolute atomic E-state index is 13.5. The second-order valence-corrected chi connectivity index (χ2v) is 7.10. The first kappa shape index (κ1) is 22.3. The predicted molar refractivity (Wildman–Crippen MR) is 109 cm³/mol. The van der Waals surface area contributed by atoms with Crippen LogP contribution in [0.1, 0.15) is 27.2 Å². The fraction of sp³-hybridized carbons (Fsp3) is 0.100. The molecule has 0 aliphatic carbocycles. The van der Waals surface area contributed by atoms with Gasteiger partial charge in [-0.1, -0.05) is 35.3 Å². The highest BCUT2D eigenvalue weighted by Gasteiger charge is 2.38. The summed E-state index contributed by atoms with van der Waals surface area (Å²) in [5.41, 5.74) is -0.806. The minimum atomic E-state index is -4.90. The molecule has 0 bridgehead atoms. The van der Waals surface area contributed by atoms with E-state index in [0.29, 0.717) is 11.1 Å². The Morgan fingerprint density at radius 1 is 1.10 bits per heavy atom. The van der Waals surface area contributed by atoms with Crippen molar-refractivity contribution in [3.63, 3.8) is 0 Å². The van der Waals surface area contributed by atoms with Crippen LogP contribution in [0.3, 0.4) is 0 Å². The average molecular weight is 466 g/mol. The van der Waals surface area contributed by atoms with E-state index < -0.39 is 23.3 Å². The predicted octanol–water partition coefficient (Wildman–Crippen LogP) is 5.35. The molecule has 0 radical (unpaired) electrons. The van der Waals surface area contributed by atoms with Crippen LogP contribution in [0.15, 0.2) is 48.7 Å². The van der Waals surface area contributed by atoms with Gasteiger partial charge < -0.3 is 10.6 Å². The number of aromatic nitrogens is 2. The Bertz CT molecular complexity index is 1140. The third-order valence-corrected chi connectivity index (χ3v) is 4.39. The smallest absolute Gasteiger partial charge is 0.348 e. The molecule has 31 heavy (non-hydrogen) atoms. The Morgan fingerprint density at radius 2 is 1.74 bits per heavy atom. The van der Waals surface area contributed by atoms with Gasteiger partial charge in [-0.15, -0.1) is 0 Å². The van der Waals surface area contributed by atoms with Crippen molar-refractivity contribution in [2.45, 2.75) is 12.7 Å². The molecule has 0 spiro atoms. The number of rotatable bonds is 5. The van der Waals surface area contributed by atoms with Crippen LogP contribution in [0.4, 0.5) is 24.8 Å². The molecule has 3 aromatic rings. The van der Waals surface area contributed by atoms with Gasteiger partial charge in [-0.2, -0.15) is 18.4 Å². The summed E-state index contributed by atoms with van der Waals surface area (Å²) in [6.45, 7) is -0.0388. The van der Waals surface area contributed by atoms with Crippen LogP contribution in [-0.2, 0) is 12.7 Å². The number of alkyl halides is 3. The van der Waals surface area contributed by atoms with Gasteiger partial charge in [-0.3, -0.25) is 4.79 Å². The Hall–Kier alpha value is -3.35. The maximum atomic E-state index is 13.5. The van der Waals surface area contributed by atoms with Crippen LogP contribution in [-0.4, -0.2) is 15.9 Å². The largest absolute Gasteiger partial charge is 0.434 e. The lowest BCUT2D eigenvalue weighted by Crippen LogP contribution is -2.27. The SMILES string of the molecule is N#Cc1ccc(CNC(=O)c2cnc(Nc3cc(Cl)cc(Cl)c3)nc2C(F)(F)F)cc1. The topological polar surface area (TPSA) is 90.7 Å². The number of hydrogen-bond acceptors (Lipinski definition) is 5. The molecular formula is C20H12Cl2F3N5O. The highest BCUT2D eigenvalue weighted by Crippen LogP contribution is 2.32. The van der Waals surface area contributed by atoms with Crippen molar-refractivity contribution in [2.24, 2.45) is 0 Å². The number of nitriles is 1. The lowest BCUT2D eigenvalue weighted by atomic mass is 10.1. The molecule has 1 amide bonds. The summed E-state index contributed by atoms with van der Waals surface area (Å²) >= 11 is 11.8. The van der Waals surface area contributed by atoms with Crippen LogP contribution >= 0.6 is 23.2 Å². The van der Waals surface area contributed by atoms with E-state index in [9.17, 15) is 18.0 Å². The monoisotopic (exact) mass is 465 g/mol. The van der Waals surface area contributed by atoms with Gasteiger partial charge in [0.2, 0.25) is 5.95 Å². The van der Waals surface area contributed by atoms with E-state index in [-0.39, 0.29) is 28.2 Å². The normalized spacial score (nSPS) is 11.0. The highest BCUT2D eigenvalue weighted by molar-refractivity contribution is 6.35. The number of hydrogen-bond donors (Lipinski definition) is 2. The third kappa shape index (κ3) is 5.84. The van der Waals surface area contributed by atoms with Crippen LogP contribution in [0.5, 0.6) is 0 Å². The van der Waals surface area contributed by atoms with Crippen LogP contribution in [0, 0.1) is 11.3 Å². The number of carbonyl (C=O) groups is 1. The maximum Gasteiger partial charge on any atom is 0.434 e. The summed E-state index contributed by atoms with van der Waals surface area (Å²) in [6.07, 6.45) is -4.11. The molecule has 2 N–H and O–H groups in total. The molecule has 0 aliphatic heterocycles. The second kappa shape index (κ2) is 9.20. The van der Waals surface area contributed by atoms with Crippen molar-refractivity contribution in [1.82, 2.24) is 15.3 Å². The van der Waals surface area contributed by atoms with Crippen molar-refractivity contribution in [1.29, 1.82) is 5.26 Å². The standard InChI is InChI=1S/C20H12Cl2F3N5O/c21-13-5-14(22)7-15(6-13)29-19-28-10-16(17(30-19)20(23,24)25)18(31)27-9-12-3-1-11(8-26)2-4-12/h1-7,10H,9H2,(H,27,31)(H,28,29,30). The minimum Gasteiger partial charge on any atom is -0.348 e. The van der Waals surface area contributed by atoms with E-state index in [1.165, 1.54) is 30.3 Å². The zero-order chi connectivity index (χ0) is 22.6. The first-order valence-corrected chi connectivity index (χ1v) is 9.36. The van der Waals surface area contributed by atoms with Crippen molar-refractivity contribution in [3.05, 3.63) is 81.1 Å². The molecule has 1 aromatic heterocycles. The summed E-state index contributed by atoms with van der Waals surface area (Å²) in [6, 6.07) is 12.5. The molecule has 0 atom stereocenters. The number of anilines is 2. The molecule has 0 aliphatic rings. The molecule has 6 nitrogen and oxygen atoms in total. The molecular weight excluding hydrogens is 454 g/mol. The number of nitrogens with zero attached hydrogens (tertiary/aromatic N) is 3. The molecule has 158 valence electrons. The Balaban J connectivity index is 1.82. The molecule has 2 aromatic carbocycles. The van der Waals surface area contributed by atoms with Crippen molar-refractivity contribution in [3.8, 4) is 6.07 Å². The second-order valence-electron chi connectivity index (χ2n) is 6.23. The lowest BCUT2D eigenvalue weighted by molar-refractivity contribution is -0.141. The van der Waals surface area contributed by atoms with Gasteiger partial charge in [0.05, 0.1) is 17.2 Å². The van der Waals surface area contributed by atoms with Crippen LogP contribution < -0.4 is 10.6 Å². The van der Waals surface area contributed by atoms with Crippen molar-refractivity contribution < 1.29 is 18.0 Å². The third-order valence-electron chi connectivity index (χ3n) is 3.96. The first-order valence-electron chi connectivity index (χ1n) is 8.60. The molecule has 0 saturated carbocycles. The summed E-state index contributed by atoms with van der Waals surface area (Å²) in [5.74, 6) is -1.37. The number of carbonyl (C=O) groups excluding carboxylic acids is 1. The quantitative estimate of drug-likeness (QED) is 0.529. The Labute approximate surface area is 184 Å². The van der Waals surface area contributed by atoms with Crippen LogP contribution in [0.25, 0.3) is 0 Å². The van der Waals surface area contributed by atoms with E-state index >= 15 is 0 Å². The van der Waals surface area contributed by atoms with Gasteiger partial charge in [0.1, 0.15) is 0 Å². The minimum absolute atomic E-state index is 0.0388. The van der Waals surface area contributed by atoms with E-state index in [2.05, 4.69) is 20.6 Å². The highest BCUT2D eigenvalue weighted by atomic mass is 35.5. The molecule has 11 heteroatoms. The molecule has 0 unspecified atom stereocenters. The zero-order valence-electron chi connectivity index (χ0n) is 15.5. The Kier molecular flexibility index (Phi) is 6.63. The molecule has 0 fully saturated rings. The van der Waals surface area contributed by atoms with Gasteiger partial charge in [0.25, 0.3) is 5.91 Å². The van der Waals surface area contributed by atoms with E-state index in [1.807, 2.05) is 6.07 Å². The molecule has 3 rings (SSSR count). The van der Waals surface area contributed by atoms with Gasteiger partial charge >= 0.3 is 6.18 Å². The zero-order valence-corrected chi connectivity index (χ0v) is 17.0. The van der Waals surface area contributed by atoms with Crippen LogP contribution in [0.2, 0.25) is 10.0 Å². The van der Waals surface area contributed by atoms with Crippen molar-refractivity contribution in [2.75, 3.05) is 5.32 Å². The van der Waals surface area contributed by atoms with Gasteiger partial charge in [0.15, 0.2) is 5.69 Å². The molecule has 1 heterocycles. The summed E-state index contributed by atoms with van der Waals surface area (Å²) in [7, 11) is 0. The number of halogens is 5. The fourth-order valence-corrected chi connectivity index (χ4v) is 3.08. The lowest BCUT2D eigenvalue weighted by Gasteiger charge is -2.14. The Morgan fingerprint density at radius 3 is 2.32 bits per heavy atom. The molecule has 0 saturated heterocycles. The summed E-state index contributed by atoms with van der Waals surface area (Å²) in [5, 5.41) is 14.3. The van der Waals surface area contributed by atoms with Gasteiger partial charge in [-0.25, -0.2) is 9.97 Å². The number of nitrogens with one attached hydrogen (secondary N) is 2. The number of benzene rings is 2.